The smallest absolute Gasteiger partial charge is 0.343 e. The van der Waals surface area contributed by atoms with Crippen molar-refractivity contribution in [3.8, 4) is 11.4 Å². The van der Waals surface area contributed by atoms with Crippen molar-refractivity contribution in [2.75, 3.05) is 0 Å². The Morgan fingerprint density at radius 1 is 1.28 bits per heavy atom. The molecule has 0 fully saturated rings. The van der Waals surface area contributed by atoms with Gasteiger partial charge < -0.3 is 20.1 Å². The number of nitrogens with two attached hydrogens (primary N) is 1. The summed E-state index contributed by atoms with van der Waals surface area (Å²) in [4.78, 5) is 30.4. The highest BCUT2D eigenvalue weighted by molar-refractivity contribution is 5.90. The lowest BCUT2D eigenvalue weighted by Gasteiger charge is -2.31. The molecule has 4 heterocycles. The molecule has 3 aromatic rings. The highest BCUT2D eigenvalue weighted by Gasteiger charge is 2.45. The molecule has 0 bridgehead atoms. The number of rotatable bonds is 3. The minimum absolute atomic E-state index is 0.0657. The number of aliphatic hydroxyl groups is 1. The van der Waals surface area contributed by atoms with Gasteiger partial charge in [-0.15, -0.1) is 0 Å². The predicted octanol–water partition coefficient (Wildman–Crippen LogP) is 2.94. The Labute approximate surface area is 183 Å². The molecule has 0 saturated carbocycles. The van der Waals surface area contributed by atoms with Gasteiger partial charge in [-0.25, -0.2) is 14.2 Å². The number of halogens is 1. The van der Waals surface area contributed by atoms with Gasteiger partial charge in [0, 0.05) is 28.6 Å². The summed E-state index contributed by atoms with van der Waals surface area (Å²) in [6.07, 6.45) is 0.720. The molecule has 0 amide bonds. The zero-order valence-electron chi connectivity index (χ0n) is 18.2. The molecule has 0 spiro atoms. The maximum atomic E-state index is 14.4. The number of carbonyl (C=O) groups is 1. The van der Waals surface area contributed by atoms with Gasteiger partial charge in [-0.05, 0) is 43.0 Å². The first kappa shape index (κ1) is 20.8. The van der Waals surface area contributed by atoms with E-state index in [4.69, 9.17) is 15.5 Å². The monoisotopic (exact) mass is 437 g/mol. The second kappa shape index (κ2) is 6.95. The maximum Gasteiger partial charge on any atom is 0.343 e. The van der Waals surface area contributed by atoms with Crippen molar-refractivity contribution in [3.63, 3.8) is 0 Å². The van der Waals surface area contributed by atoms with Gasteiger partial charge >= 0.3 is 5.97 Å². The van der Waals surface area contributed by atoms with Crippen LogP contribution in [0, 0.1) is 12.7 Å². The van der Waals surface area contributed by atoms with E-state index in [2.05, 4.69) is 0 Å². The number of carbonyl (C=O) groups excluding carboxylic acids is 1. The predicted molar refractivity (Wildman–Crippen MR) is 116 cm³/mol. The van der Waals surface area contributed by atoms with Crippen molar-refractivity contribution in [1.29, 1.82) is 0 Å². The van der Waals surface area contributed by atoms with Gasteiger partial charge in [-0.3, -0.25) is 4.79 Å². The fourth-order valence-electron chi connectivity index (χ4n) is 4.87. The van der Waals surface area contributed by atoms with Gasteiger partial charge in [0.25, 0.3) is 5.56 Å². The summed E-state index contributed by atoms with van der Waals surface area (Å²) in [5.41, 5.74) is 8.38. The van der Waals surface area contributed by atoms with Crippen molar-refractivity contribution < 1.29 is 19.0 Å². The van der Waals surface area contributed by atoms with Crippen LogP contribution in [0.2, 0.25) is 0 Å². The molecule has 32 heavy (non-hydrogen) atoms. The van der Waals surface area contributed by atoms with E-state index < -0.39 is 11.6 Å². The third-order valence-corrected chi connectivity index (χ3v) is 6.82. The third kappa shape index (κ3) is 2.63. The van der Waals surface area contributed by atoms with E-state index in [0.717, 1.165) is 16.5 Å². The summed E-state index contributed by atoms with van der Waals surface area (Å²) in [5, 5.41) is 11.8. The normalized spacial score (nSPS) is 20.0. The molecule has 2 aromatic heterocycles. The Balaban J connectivity index is 1.86. The first-order valence-corrected chi connectivity index (χ1v) is 10.8. The Kier molecular flexibility index (Phi) is 4.51. The van der Waals surface area contributed by atoms with Crippen molar-refractivity contribution in [1.82, 2.24) is 9.55 Å². The number of aryl methyl sites for hydroxylation is 1. The molecule has 0 unspecified atom stereocenters. The van der Waals surface area contributed by atoms with Crippen molar-refractivity contribution in [3.05, 3.63) is 62.2 Å². The third-order valence-electron chi connectivity index (χ3n) is 6.82. The average Bonchev–Trinajstić information content (AvgIpc) is 3.14. The minimum atomic E-state index is -1.90. The Hall–Kier alpha value is -3.10. The van der Waals surface area contributed by atoms with Gasteiger partial charge in [0.05, 0.1) is 29.0 Å². The molecule has 5 rings (SSSR count). The fraction of sp³-hybridized carbons (Fsp3) is 0.375. The van der Waals surface area contributed by atoms with Crippen LogP contribution in [0.3, 0.4) is 0 Å². The van der Waals surface area contributed by atoms with Gasteiger partial charge in [0.2, 0.25) is 0 Å². The number of aromatic nitrogens is 2. The van der Waals surface area contributed by atoms with E-state index in [-0.39, 0.29) is 48.1 Å². The molecule has 8 heteroatoms. The lowest BCUT2D eigenvalue weighted by molar-refractivity contribution is -0.172. The van der Waals surface area contributed by atoms with Crippen molar-refractivity contribution in [2.24, 2.45) is 5.73 Å². The summed E-state index contributed by atoms with van der Waals surface area (Å²) < 4.78 is 21.1. The molecule has 2 aliphatic rings. The minimum Gasteiger partial charge on any atom is -0.458 e. The summed E-state index contributed by atoms with van der Waals surface area (Å²) in [6.45, 7) is 5.39. The molecular formula is C24H24FN3O4. The Bertz CT molecular complexity index is 1380. The number of hydrogen-bond acceptors (Lipinski definition) is 6. The van der Waals surface area contributed by atoms with Crippen LogP contribution in [0.5, 0.6) is 0 Å². The number of nitrogens with zero attached hydrogens (tertiary/aromatic N) is 2. The summed E-state index contributed by atoms with van der Waals surface area (Å²) in [7, 11) is 0. The number of fused-ring (bicyclic) bond motifs is 5. The SMILES string of the molecule is CC[C@H](N)c1c2c(nc3cc(F)c(C)cc13)-c1cc3c(c(=O)n1C2)COC(=O)[C@]3(O)CC. The quantitative estimate of drug-likeness (QED) is 0.477. The Morgan fingerprint density at radius 3 is 2.72 bits per heavy atom. The van der Waals surface area contributed by atoms with Gasteiger partial charge in [0.1, 0.15) is 12.4 Å². The topological polar surface area (TPSA) is 107 Å². The van der Waals surface area contributed by atoms with Crippen LogP contribution in [-0.4, -0.2) is 20.6 Å². The van der Waals surface area contributed by atoms with Crippen molar-refractivity contribution in [2.45, 2.75) is 58.4 Å². The Morgan fingerprint density at radius 2 is 2.03 bits per heavy atom. The standard InChI is InChI=1S/C24H24FN3O4/c1-4-17(26)20-12-6-11(3)16(25)8-18(12)27-21-13(20)9-28-19(21)7-15-14(22(28)29)10-32-23(30)24(15,31)5-2/h6-8,17,31H,4-5,9-10,26H2,1-3H3/t17-,24-/m0/s1. The van der Waals surface area contributed by atoms with Crippen LogP contribution in [0.1, 0.15) is 60.5 Å². The first-order chi connectivity index (χ1) is 15.2. The number of pyridine rings is 2. The van der Waals surface area contributed by atoms with E-state index in [9.17, 15) is 19.1 Å². The first-order valence-electron chi connectivity index (χ1n) is 10.8. The summed E-state index contributed by atoms with van der Waals surface area (Å²) in [6, 6.07) is 4.46. The van der Waals surface area contributed by atoms with Crippen LogP contribution in [0.4, 0.5) is 4.39 Å². The lowest BCUT2D eigenvalue weighted by atomic mass is 9.86. The second-order valence-electron chi connectivity index (χ2n) is 8.59. The van der Waals surface area contributed by atoms with Gasteiger partial charge in [0.15, 0.2) is 5.60 Å². The molecule has 7 nitrogen and oxygen atoms in total. The molecule has 1 aromatic carbocycles. The summed E-state index contributed by atoms with van der Waals surface area (Å²) in [5.74, 6) is -1.14. The molecular weight excluding hydrogens is 413 g/mol. The van der Waals surface area contributed by atoms with Crippen LogP contribution < -0.4 is 11.3 Å². The van der Waals surface area contributed by atoms with Crippen LogP contribution >= 0.6 is 0 Å². The molecule has 166 valence electrons. The van der Waals surface area contributed by atoms with E-state index in [1.165, 1.54) is 6.07 Å². The fourth-order valence-corrected chi connectivity index (χ4v) is 4.87. The van der Waals surface area contributed by atoms with Gasteiger partial charge in [-0.2, -0.15) is 0 Å². The maximum absolute atomic E-state index is 14.4. The van der Waals surface area contributed by atoms with Crippen LogP contribution in [-0.2, 0) is 28.3 Å². The highest BCUT2D eigenvalue weighted by Crippen LogP contribution is 2.42. The number of hydrogen-bond donors (Lipinski definition) is 2. The van der Waals surface area contributed by atoms with E-state index in [1.807, 2.05) is 6.92 Å². The highest BCUT2D eigenvalue weighted by atomic mass is 19.1. The molecule has 0 saturated heterocycles. The van der Waals surface area contributed by atoms with Gasteiger partial charge in [-0.1, -0.05) is 13.8 Å². The van der Waals surface area contributed by atoms with E-state index in [1.54, 1.807) is 30.5 Å². The molecule has 2 atom stereocenters. The lowest BCUT2D eigenvalue weighted by Crippen LogP contribution is -2.44. The van der Waals surface area contributed by atoms with E-state index >= 15 is 0 Å². The molecule has 2 aliphatic heterocycles. The number of ether oxygens (including phenoxy) is 1. The number of cyclic esters (lactones) is 1. The van der Waals surface area contributed by atoms with Crippen molar-refractivity contribution >= 4 is 16.9 Å². The molecule has 3 N–H and O–H groups in total. The zero-order chi connectivity index (χ0) is 22.9. The van der Waals surface area contributed by atoms with Crippen LogP contribution in [0.15, 0.2) is 23.0 Å². The molecule has 0 radical (unpaired) electrons. The van der Waals surface area contributed by atoms with E-state index in [0.29, 0.717) is 28.9 Å². The summed E-state index contributed by atoms with van der Waals surface area (Å²) >= 11 is 0. The molecule has 0 aliphatic carbocycles. The zero-order valence-corrected chi connectivity index (χ0v) is 18.2. The number of esters is 1. The number of benzene rings is 1. The average molecular weight is 437 g/mol. The largest absolute Gasteiger partial charge is 0.458 e. The van der Waals surface area contributed by atoms with Crippen LogP contribution in [0.25, 0.3) is 22.3 Å². The second-order valence-corrected chi connectivity index (χ2v) is 8.59.